The van der Waals surface area contributed by atoms with Crippen molar-refractivity contribution in [2.45, 2.75) is 13.0 Å². The number of carbonyl (C=O) groups is 2. The van der Waals surface area contributed by atoms with Gasteiger partial charge >= 0.3 is 12.0 Å². The van der Waals surface area contributed by atoms with Crippen LogP contribution in [0.25, 0.3) is 0 Å². The Morgan fingerprint density at radius 2 is 2.00 bits per heavy atom. The minimum atomic E-state index is -0.534. The molecule has 0 aliphatic carbocycles. The number of carbonyl (C=O) groups excluding carboxylic acids is 2. The quantitative estimate of drug-likeness (QED) is 0.817. The van der Waals surface area contributed by atoms with Crippen molar-refractivity contribution in [2.24, 2.45) is 0 Å². The minimum Gasteiger partial charge on any atom is -0.497 e. The van der Waals surface area contributed by atoms with E-state index < -0.39 is 12.0 Å². The lowest BCUT2D eigenvalue weighted by molar-refractivity contribution is -0.139. The average Bonchev–Trinajstić information content (AvgIpc) is 2.47. The summed E-state index contributed by atoms with van der Waals surface area (Å²) in [5.41, 5.74) is 1.14. The molecule has 6 heteroatoms. The number of nitrogens with one attached hydrogen (secondary N) is 2. The molecule has 2 N–H and O–H groups in total. The summed E-state index contributed by atoms with van der Waals surface area (Å²) in [7, 11) is 1.57. The molecule has 0 saturated carbocycles. The highest BCUT2D eigenvalue weighted by Gasteiger charge is 2.28. The molecule has 1 unspecified atom stereocenters. The van der Waals surface area contributed by atoms with Crippen molar-refractivity contribution in [3.05, 3.63) is 41.6 Å². The van der Waals surface area contributed by atoms with Crippen molar-refractivity contribution in [1.82, 2.24) is 10.6 Å². The molecule has 1 aromatic carbocycles. The van der Waals surface area contributed by atoms with Gasteiger partial charge in [0.15, 0.2) is 0 Å². The summed E-state index contributed by atoms with van der Waals surface area (Å²) in [6.07, 6.45) is 1.38. The van der Waals surface area contributed by atoms with Crippen LogP contribution in [0.4, 0.5) is 4.79 Å². The lowest BCUT2D eigenvalue weighted by Crippen LogP contribution is -2.42. The van der Waals surface area contributed by atoms with Crippen LogP contribution in [0.5, 0.6) is 5.75 Å². The fraction of sp³-hybridized carbons (Fsp3) is 0.286. The second-order valence-electron chi connectivity index (χ2n) is 4.14. The van der Waals surface area contributed by atoms with Crippen LogP contribution in [0.3, 0.4) is 0 Å². The molecular weight excluding hydrogens is 260 g/mol. The maximum Gasteiger partial charge on any atom is 0.337 e. The van der Waals surface area contributed by atoms with E-state index in [4.69, 9.17) is 9.47 Å². The summed E-state index contributed by atoms with van der Waals surface area (Å²) < 4.78 is 10.1. The van der Waals surface area contributed by atoms with Gasteiger partial charge in [-0.3, -0.25) is 0 Å². The van der Waals surface area contributed by atoms with Crippen molar-refractivity contribution >= 4 is 12.0 Å². The standard InChI is InChI=1S/C14H16N2O4/c1-3-20-13(17)11-8-15-14(18)16-12(11)9-4-6-10(19-2)7-5-9/h4-8,12H,3H2,1-2H3,(H2,15,16,18). The Morgan fingerprint density at radius 3 is 2.60 bits per heavy atom. The third kappa shape index (κ3) is 2.90. The van der Waals surface area contributed by atoms with E-state index in [1.807, 2.05) is 0 Å². The normalized spacial score (nSPS) is 17.6. The highest BCUT2D eigenvalue weighted by molar-refractivity contribution is 5.93. The Kier molecular flexibility index (Phi) is 4.24. The lowest BCUT2D eigenvalue weighted by Gasteiger charge is -2.25. The third-order valence-corrected chi connectivity index (χ3v) is 2.91. The number of hydrogen-bond donors (Lipinski definition) is 2. The SMILES string of the molecule is CCOC(=O)C1=CNC(=O)NC1c1ccc(OC)cc1. The van der Waals surface area contributed by atoms with Gasteiger partial charge in [0.1, 0.15) is 5.75 Å². The first kappa shape index (κ1) is 13.9. The van der Waals surface area contributed by atoms with E-state index in [9.17, 15) is 9.59 Å². The molecule has 106 valence electrons. The van der Waals surface area contributed by atoms with Gasteiger partial charge in [0, 0.05) is 6.20 Å². The fourth-order valence-corrected chi connectivity index (χ4v) is 1.93. The zero-order chi connectivity index (χ0) is 14.5. The van der Waals surface area contributed by atoms with Crippen LogP contribution in [0.2, 0.25) is 0 Å². The Bertz CT molecular complexity index is 537. The Labute approximate surface area is 116 Å². The number of rotatable bonds is 4. The van der Waals surface area contributed by atoms with E-state index in [0.717, 1.165) is 5.56 Å². The van der Waals surface area contributed by atoms with Gasteiger partial charge in [0.25, 0.3) is 0 Å². The highest BCUT2D eigenvalue weighted by atomic mass is 16.5. The van der Waals surface area contributed by atoms with E-state index in [1.165, 1.54) is 6.20 Å². The first-order valence-corrected chi connectivity index (χ1v) is 6.24. The second kappa shape index (κ2) is 6.10. The van der Waals surface area contributed by atoms with Gasteiger partial charge < -0.3 is 20.1 Å². The van der Waals surface area contributed by atoms with Gasteiger partial charge in [-0.05, 0) is 24.6 Å². The van der Waals surface area contributed by atoms with Crippen LogP contribution >= 0.6 is 0 Å². The number of esters is 1. The van der Waals surface area contributed by atoms with Gasteiger partial charge in [-0.15, -0.1) is 0 Å². The summed E-state index contributed by atoms with van der Waals surface area (Å²) >= 11 is 0. The molecule has 1 aliphatic rings. The molecule has 2 amide bonds. The first-order valence-electron chi connectivity index (χ1n) is 6.24. The van der Waals surface area contributed by atoms with Crippen LogP contribution in [0, 0.1) is 0 Å². The van der Waals surface area contributed by atoms with Gasteiger partial charge in [0.05, 0.1) is 25.3 Å². The van der Waals surface area contributed by atoms with Crippen LogP contribution in [-0.4, -0.2) is 25.7 Å². The third-order valence-electron chi connectivity index (χ3n) is 2.91. The number of benzene rings is 1. The minimum absolute atomic E-state index is 0.277. The Balaban J connectivity index is 2.29. The average molecular weight is 276 g/mol. The summed E-state index contributed by atoms with van der Waals surface area (Å²) in [4.78, 5) is 23.4. The van der Waals surface area contributed by atoms with Crippen molar-refractivity contribution in [3.8, 4) is 5.75 Å². The van der Waals surface area contributed by atoms with Gasteiger partial charge in [-0.1, -0.05) is 12.1 Å². The monoisotopic (exact) mass is 276 g/mol. The maximum atomic E-state index is 11.9. The molecule has 0 aromatic heterocycles. The van der Waals surface area contributed by atoms with Crippen LogP contribution in [-0.2, 0) is 9.53 Å². The summed E-state index contributed by atoms with van der Waals surface area (Å²) in [6.45, 7) is 2.01. The number of hydrogen-bond acceptors (Lipinski definition) is 4. The Morgan fingerprint density at radius 1 is 1.30 bits per heavy atom. The van der Waals surface area contributed by atoms with E-state index in [1.54, 1.807) is 38.3 Å². The number of methoxy groups -OCH3 is 1. The number of amides is 2. The van der Waals surface area contributed by atoms with E-state index in [0.29, 0.717) is 11.3 Å². The first-order chi connectivity index (χ1) is 9.65. The number of ether oxygens (including phenoxy) is 2. The fourth-order valence-electron chi connectivity index (χ4n) is 1.93. The maximum absolute atomic E-state index is 11.9. The van der Waals surface area contributed by atoms with Crippen LogP contribution < -0.4 is 15.4 Å². The van der Waals surface area contributed by atoms with E-state index in [-0.39, 0.29) is 12.6 Å². The topological polar surface area (TPSA) is 76.7 Å². The molecule has 0 saturated heterocycles. The van der Waals surface area contributed by atoms with Crippen molar-refractivity contribution in [2.75, 3.05) is 13.7 Å². The highest BCUT2D eigenvalue weighted by Crippen LogP contribution is 2.26. The molecule has 1 atom stereocenters. The zero-order valence-electron chi connectivity index (χ0n) is 11.3. The molecule has 1 aliphatic heterocycles. The molecule has 0 bridgehead atoms. The molecule has 0 fully saturated rings. The predicted octanol–water partition coefficient (Wildman–Crippen LogP) is 1.50. The van der Waals surface area contributed by atoms with Crippen LogP contribution in [0.15, 0.2) is 36.0 Å². The zero-order valence-corrected chi connectivity index (χ0v) is 11.3. The molecule has 6 nitrogen and oxygen atoms in total. The van der Waals surface area contributed by atoms with Gasteiger partial charge in [-0.25, -0.2) is 9.59 Å². The molecule has 0 radical (unpaired) electrons. The number of urea groups is 1. The van der Waals surface area contributed by atoms with Crippen molar-refractivity contribution < 1.29 is 19.1 Å². The molecule has 2 rings (SSSR count). The van der Waals surface area contributed by atoms with Gasteiger partial charge in [-0.2, -0.15) is 0 Å². The predicted molar refractivity (Wildman–Crippen MR) is 72.1 cm³/mol. The molecule has 1 aromatic rings. The lowest BCUT2D eigenvalue weighted by atomic mass is 9.98. The van der Waals surface area contributed by atoms with E-state index in [2.05, 4.69) is 10.6 Å². The molecule has 0 spiro atoms. The molecular formula is C14H16N2O4. The van der Waals surface area contributed by atoms with E-state index >= 15 is 0 Å². The van der Waals surface area contributed by atoms with Crippen molar-refractivity contribution in [3.63, 3.8) is 0 Å². The summed E-state index contributed by atoms with van der Waals surface area (Å²) in [5.74, 6) is 0.247. The smallest absolute Gasteiger partial charge is 0.337 e. The summed E-state index contributed by atoms with van der Waals surface area (Å²) in [5, 5.41) is 5.16. The van der Waals surface area contributed by atoms with Gasteiger partial charge in [0.2, 0.25) is 0 Å². The Hall–Kier alpha value is -2.50. The van der Waals surface area contributed by atoms with Crippen molar-refractivity contribution in [1.29, 1.82) is 0 Å². The summed E-state index contributed by atoms with van der Waals surface area (Å²) in [6, 6.07) is 6.23. The largest absolute Gasteiger partial charge is 0.497 e. The molecule has 20 heavy (non-hydrogen) atoms. The van der Waals surface area contributed by atoms with Crippen LogP contribution in [0.1, 0.15) is 18.5 Å². The second-order valence-corrected chi connectivity index (χ2v) is 4.14. The molecule has 1 heterocycles.